The number of nitrogens with zero attached hydrogens (tertiary/aromatic N) is 3. The molecule has 3 saturated heterocycles. The number of carbonyl (C=O) groups excluding carboxylic acids is 3. The molecule has 33 heavy (non-hydrogen) atoms. The van der Waals surface area contributed by atoms with E-state index in [1.807, 2.05) is 11.8 Å². The molecule has 0 radical (unpaired) electrons. The fourth-order valence-corrected chi connectivity index (χ4v) is 5.05. The van der Waals surface area contributed by atoms with Crippen molar-refractivity contribution in [1.29, 1.82) is 5.41 Å². The summed E-state index contributed by atoms with van der Waals surface area (Å²) in [5, 5.41) is 7.57. The molecule has 0 aliphatic carbocycles. The molecule has 1 amide bonds. The predicted molar refractivity (Wildman–Crippen MR) is 119 cm³/mol. The second kappa shape index (κ2) is 10.6. The average molecular weight is 468 g/mol. The molecule has 11 heteroatoms. The van der Waals surface area contributed by atoms with Crippen LogP contribution in [0.1, 0.15) is 46.5 Å². The van der Waals surface area contributed by atoms with Crippen LogP contribution in [-0.4, -0.2) is 103 Å². The van der Waals surface area contributed by atoms with Crippen LogP contribution in [0.4, 0.5) is 4.79 Å². The van der Waals surface area contributed by atoms with Gasteiger partial charge in [-0.3, -0.25) is 19.9 Å². The Morgan fingerprint density at radius 2 is 1.67 bits per heavy atom. The van der Waals surface area contributed by atoms with Gasteiger partial charge in [0.15, 0.2) is 11.4 Å². The van der Waals surface area contributed by atoms with Crippen molar-refractivity contribution in [1.82, 2.24) is 14.7 Å². The molecule has 0 aromatic heterocycles. The first-order chi connectivity index (χ1) is 15.7. The smallest absolute Gasteiger partial charge is 0.410 e. The molecule has 3 rings (SSSR count). The SMILES string of the molecule is CCOC(=O)C1(C(=O)OCC)CCN(C(C)C2CN(C3CCN(C(=N)N)CC3)C(=O)O2)CC1. The minimum Gasteiger partial charge on any atom is -0.465 e. The van der Waals surface area contributed by atoms with Crippen molar-refractivity contribution >= 4 is 24.0 Å². The van der Waals surface area contributed by atoms with E-state index in [-0.39, 0.29) is 43.5 Å². The molecule has 0 aromatic carbocycles. The number of rotatable bonds is 7. The highest BCUT2D eigenvalue weighted by Gasteiger charge is 2.52. The van der Waals surface area contributed by atoms with Crippen molar-refractivity contribution in [3.63, 3.8) is 0 Å². The Kier molecular flexibility index (Phi) is 8.04. The van der Waals surface area contributed by atoms with E-state index in [2.05, 4.69) is 4.90 Å². The number of esters is 2. The lowest BCUT2D eigenvalue weighted by Crippen LogP contribution is -2.54. The van der Waals surface area contributed by atoms with Gasteiger partial charge in [-0.05, 0) is 46.5 Å². The van der Waals surface area contributed by atoms with Gasteiger partial charge in [-0.1, -0.05) is 0 Å². The van der Waals surface area contributed by atoms with Crippen LogP contribution in [-0.2, 0) is 23.8 Å². The largest absolute Gasteiger partial charge is 0.465 e. The van der Waals surface area contributed by atoms with E-state index in [1.165, 1.54) is 0 Å². The zero-order chi connectivity index (χ0) is 24.2. The number of nitrogens with two attached hydrogens (primary N) is 1. The summed E-state index contributed by atoms with van der Waals surface area (Å²) in [6, 6.07) is 0.0191. The van der Waals surface area contributed by atoms with E-state index in [0.717, 1.165) is 12.8 Å². The lowest BCUT2D eigenvalue weighted by atomic mass is 9.77. The maximum absolute atomic E-state index is 12.7. The van der Waals surface area contributed by atoms with Crippen LogP contribution in [0.15, 0.2) is 0 Å². The van der Waals surface area contributed by atoms with Gasteiger partial charge in [0.2, 0.25) is 0 Å². The Labute approximate surface area is 195 Å². The molecule has 0 bridgehead atoms. The summed E-state index contributed by atoms with van der Waals surface area (Å²) < 4.78 is 16.1. The minimum atomic E-state index is -1.27. The monoisotopic (exact) mass is 467 g/mol. The van der Waals surface area contributed by atoms with Gasteiger partial charge in [-0.25, -0.2) is 4.79 Å². The van der Waals surface area contributed by atoms with Gasteiger partial charge < -0.3 is 29.7 Å². The Morgan fingerprint density at radius 1 is 1.12 bits per heavy atom. The third-order valence-electron chi connectivity index (χ3n) is 7.21. The predicted octanol–water partition coefficient (Wildman–Crippen LogP) is 0.762. The number of carbonyl (C=O) groups is 3. The first kappa shape index (κ1) is 25.1. The van der Waals surface area contributed by atoms with Crippen LogP contribution in [0, 0.1) is 10.8 Å². The van der Waals surface area contributed by atoms with E-state index in [4.69, 9.17) is 25.4 Å². The highest BCUT2D eigenvalue weighted by molar-refractivity contribution is 6.00. The number of hydrogen-bond acceptors (Lipinski definition) is 8. The van der Waals surface area contributed by atoms with Gasteiger partial charge in [-0.2, -0.15) is 0 Å². The number of piperidine rings is 2. The maximum atomic E-state index is 12.7. The molecule has 0 aromatic rings. The third kappa shape index (κ3) is 5.18. The Balaban J connectivity index is 1.58. The number of cyclic esters (lactones) is 1. The molecule has 0 saturated carbocycles. The summed E-state index contributed by atoms with van der Waals surface area (Å²) in [5.41, 5.74) is 4.30. The zero-order valence-electron chi connectivity index (χ0n) is 19.9. The van der Waals surface area contributed by atoms with Crippen LogP contribution in [0.3, 0.4) is 0 Å². The Bertz CT molecular complexity index is 726. The van der Waals surface area contributed by atoms with E-state index < -0.39 is 17.4 Å². The fourth-order valence-electron chi connectivity index (χ4n) is 5.05. The van der Waals surface area contributed by atoms with Crippen LogP contribution in [0.2, 0.25) is 0 Å². The molecule has 3 heterocycles. The van der Waals surface area contributed by atoms with Crippen molar-refractivity contribution in [3.05, 3.63) is 0 Å². The molecule has 2 atom stereocenters. The number of amides is 1. The quantitative estimate of drug-likeness (QED) is 0.183. The number of nitrogens with one attached hydrogen (secondary N) is 1. The first-order valence-corrected chi connectivity index (χ1v) is 11.9. The van der Waals surface area contributed by atoms with Crippen molar-refractivity contribution in [3.8, 4) is 0 Å². The molecule has 0 spiro atoms. The Morgan fingerprint density at radius 3 is 2.15 bits per heavy atom. The average Bonchev–Trinajstić information content (AvgIpc) is 3.20. The van der Waals surface area contributed by atoms with Gasteiger partial charge >= 0.3 is 18.0 Å². The highest BCUT2D eigenvalue weighted by atomic mass is 16.6. The molecule has 3 fully saturated rings. The van der Waals surface area contributed by atoms with Crippen molar-refractivity contribution in [2.24, 2.45) is 11.1 Å². The summed E-state index contributed by atoms with van der Waals surface area (Å²) in [5.74, 6) is -0.979. The lowest BCUT2D eigenvalue weighted by Gasteiger charge is -2.41. The molecule has 3 aliphatic heterocycles. The van der Waals surface area contributed by atoms with Gasteiger partial charge in [-0.15, -0.1) is 0 Å². The van der Waals surface area contributed by atoms with Crippen LogP contribution in [0.25, 0.3) is 0 Å². The second-order valence-corrected chi connectivity index (χ2v) is 8.98. The van der Waals surface area contributed by atoms with Crippen molar-refractivity contribution in [2.75, 3.05) is 45.9 Å². The molecule has 3 N–H and O–H groups in total. The van der Waals surface area contributed by atoms with Gasteiger partial charge in [0.25, 0.3) is 0 Å². The zero-order valence-corrected chi connectivity index (χ0v) is 19.9. The van der Waals surface area contributed by atoms with Gasteiger partial charge in [0.1, 0.15) is 6.10 Å². The first-order valence-electron chi connectivity index (χ1n) is 11.9. The summed E-state index contributed by atoms with van der Waals surface area (Å²) in [6.07, 6.45) is 1.52. The topological polar surface area (TPSA) is 138 Å². The number of guanidine groups is 1. The highest BCUT2D eigenvalue weighted by Crippen LogP contribution is 2.36. The van der Waals surface area contributed by atoms with Gasteiger partial charge in [0, 0.05) is 38.3 Å². The summed E-state index contributed by atoms with van der Waals surface area (Å²) in [7, 11) is 0. The Hall–Kier alpha value is -2.56. The van der Waals surface area contributed by atoms with Crippen molar-refractivity contribution < 1.29 is 28.6 Å². The molecule has 2 unspecified atom stereocenters. The van der Waals surface area contributed by atoms with E-state index >= 15 is 0 Å². The van der Waals surface area contributed by atoms with Crippen LogP contribution < -0.4 is 5.73 Å². The third-order valence-corrected chi connectivity index (χ3v) is 7.21. The van der Waals surface area contributed by atoms with Gasteiger partial charge in [0.05, 0.1) is 19.8 Å². The molecular formula is C22H37N5O6. The maximum Gasteiger partial charge on any atom is 0.410 e. The minimum absolute atomic E-state index is 0.0568. The summed E-state index contributed by atoms with van der Waals surface area (Å²) in [6.45, 7) is 8.69. The second-order valence-electron chi connectivity index (χ2n) is 8.98. The molecule has 186 valence electrons. The number of likely N-dealkylation sites (tertiary alicyclic amines) is 2. The summed E-state index contributed by atoms with van der Waals surface area (Å²) >= 11 is 0. The molecule has 3 aliphatic rings. The van der Waals surface area contributed by atoms with Crippen molar-refractivity contribution in [2.45, 2.75) is 64.6 Å². The van der Waals surface area contributed by atoms with E-state index in [1.54, 1.807) is 18.7 Å². The van der Waals surface area contributed by atoms with E-state index in [9.17, 15) is 14.4 Å². The number of ether oxygens (including phenoxy) is 3. The lowest BCUT2D eigenvalue weighted by molar-refractivity contribution is -0.176. The van der Waals surface area contributed by atoms with Crippen LogP contribution in [0.5, 0.6) is 0 Å². The summed E-state index contributed by atoms with van der Waals surface area (Å²) in [4.78, 5) is 43.7. The number of hydrogen-bond donors (Lipinski definition) is 2. The fraction of sp³-hybridized carbons (Fsp3) is 0.818. The molecular weight excluding hydrogens is 430 g/mol. The van der Waals surface area contributed by atoms with E-state index in [0.29, 0.717) is 45.6 Å². The molecule has 11 nitrogen and oxygen atoms in total. The normalized spacial score (nSPS) is 24.8. The van der Waals surface area contributed by atoms with Crippen LogP contribution >= 0.6 is 0 Å². The standard InChI is InChI=1S/C22H37N5O6/c1-4-31-18(28)22(19(29)32-5-2)8-12-25(13-9-22)15(3)17-14-27(21(30)33-17)16-6-10-26(11-7-16)20(23)24/h15-17H,4-14H2,1-3H3,(H3,23,24).